The highest BCUT2D eigenvalue weighted by Gasteiger charge is 2.11. The van der Waals surface area contributed by atoms with Gasteiger partial charge in [-0.25, -0.2) is 0 Å². The second kappa shape index (κ2) is 7.80. The van der Waals surface area contributed by atoms with Gasteiger partial charge in [0.2, 0.25) is 0 Å². The van der Waals surface area contributed by atoms with Gasteiger partial charge in [0.15, 0.2) is 0 Å². The second-order valence-electron chi connectivity index (χ2n) is 4.00. The summed E-state index contributed by atoms with van der Waals surface area (Å²) in [6, 6.07) is 5.33. The molecular formula is C13H19Cl2NO. The quantitative estimate of drug-likeness (QED) is 0.807. The van der Waals surface area contributed by atoms with E-state index in [2.05, 4.69) is 12.2 Å². The SMILES string of the molecule is CCC[C@@H](CCNC)Oc1ccc(Cl)cc1Cl. The van der Waals surface area contributed by atoms with Crippen LogP contribution in [0, 0.1) is 0 Å². The van der Waals surface area contributed by atoms with E-state index in [1.54, 1.807) is 12.1 Å². The number of hydrogen-bond donors (Lipinski definition) is 1. The minimum Gasteiger partial charge on any atom is -0.489 e. The number of hydrogen-bond acceptors (Lipinski definition) is 2. The third-order valence-corrected chi connectivity index (χ3v) is 3.04. The summed E-state index contributed by atoms with van der Waals surface area (Å²) >= 11 is 11.9. The average molecular weight is 276 g/mol. The zero-order chi connectivity index (χ0) is 12.7. The Bertz CT molecular complexity index is 344. The molecule has 1 aromatic carbocycles. The van der Waals surface area contributed by atoms with Crippen molar-refractivity contribution in [1.29, 1.82) is 0 Å². The fourth-order valence-electron chi connectivity index (χ4n) is 1.64. The Morgan fingerprint density at radius 1 is 1.29 bits per heavy atom. The van der Waals surface area contributed by atoms with Gasteiger partial charge < -0.3 is 10.1 Å². The van der Waals surface area contributed by atoms with Crippen LogP contribution in [0.5, 0.6) is 5.75 Å². The monoisotopic (exact) mass is 275 g/mol. The van der Waals surface area contributed by atoms with Crippen LogP contribution in [-0.2, 0) is 0 Å². The number of benzene rings is 1. The lowest BCUT2D eigenvalue weighted by Gasteiger charge is -2.19. The summed E-state index contributed by atoms with van der Waals surface area (Å²) in [5.74, 6) is 0.714. The molecule has 0 heterocycles. The van der Waals surface area contributed by atoms with Crippen molar-refractivity contribution < 1.29 is 4.74 Å². The Balaban J connectivity index is 2.64. The minimum absolute atomic E-state index is 0.200. The van der Waals surface area contributed by atoms with Crippen molar-refractivity contribution in [2.24, 2.45) is 0 Å². The average Bonchev–Trinajstić information content (AvgIpc) is 2.29. The molecule has 0 aliphatic rings. The molecule has 0 bridgehead atoms. The lowest BCUT2D eigenvalue weighted by Crippen LogP contribution is -2.22. The number of halogens is 2. The molecule has 1 rings (SSSR count). The van der Waals surface area contributed by atoms with Crippen LogP contribution in [0.4, 0.5) is 0 Å². The van der Waals surface area contributed by atoms with E-state index in [1.165, 1.54) is 0 Å². The van der Waals surface area contributed by atoms with Crippen LogP contribution < -0.4 is 10.1 Å². The first-order valence-electron chi connectivity index (χ1n) is 5.93. The maximum Gasteiger partial charge on any atom is 0.138 e. The van der Waals surface area contributed by atoms with Crippen molar-refractivity contribution in [2.45, 2.75) is 32.3 Å². The van der Waals surface area contributed by atoms with Gasteiger partial charge in [-0.1, -0.05) is 36.5 Å². The maximum atomic E-state index is 6.08. The number of ether oxygens (including phenoxy) is 1. The van der Waals surface area contributed by atoms with Crippen molar-refractivity contribution in [3.8, 4) is 5.75 Å². The molecular weight excluding hydrogens is 257 g/mol. The van der Waals surface area contributed by atoms with E-state index >= 15 is 0 Å². The zero-order valence-electron chi connectivity index (χ0n) is 10.3. The normalized spacial score (nSPS) is 12.5. The van der Waals surface area contributed by atoms with E-state index in [0.717, 1.165) is 25.8 Å². The predicted molar refractivity (Wildman–Crippen MR) is 74.3 cm³/mol. The summed E-state index contributed by atoms with van der Waals surface area (Å²) in [5, 5.41) is 4.33. The molecule has 0 saturated heterocycles. The van der Waals surface area contributed by atoms with Gasteiger partial charge in [-0.2, -0.15) is 0 Å². The first kappa shape index (κ1) is 14.6. The fourth-order valence-corrected chi connectivity index (χ4v) is 2.09. The predicted octanol–water partition coefficient (Wildman–Crippen LogP) is 4.15. The lowest BCUT2D eigenvalue weighted by atomic mass is 10.1. The van der Waals surface area contributed by atoms with E-state index in [4.69, 9.17) is 27.9 Å². The Morgan fingerprint density at radius 2 is 2.06 bits per heavy atom. The molecule has 0 aromatic heterocycles. The Morgan fingerprint density at radius 3 is 2.65 bits per heavy atom. The molecule has 0 aliphatic carbocycles. The number of nitrogens with one attached hydrogen (secondary N) is 1. The van der Waals surface area contributed by atoms with Gasteiger partial charge in [0.1, 0.15) is 5.75 Å². The summed E-state index contributed by atoms with van der Waals surface area (Å²) < 4.78 is 5.91. The Labute approximate surface area is 113 Å². The highest BCUT2D eigenvalue weighted by molar-refractivity contribution is 6.35. The van der Waals surface area contributed by atoms with Crippen LogP contribution in [0.25, 0.3) is 0 Å². The van der Waals surface area contributed by atoms with Crippen LogP contribution >= 0.6 is 23.2 Å². The molecule has 96 valence electrons. The first-order chi connectivity index (χ1) is 8.17. The van der Waals surface area contributed by atoms with Crippen molar-refractivity contribution in [3.63, 3.8) is 0 Å². The minimum atomic E-state index is 0.200. The van der Waals surface area contributed by atoms with Crippen molar-refractivity contribution in [2.75, 3.05) is 13.6 Å². The second-order valence-corrected chi connectivity index (χ2v) is 4.84. The number of rotatable bonds is 7. The first-order valence-corrected chi connectivity index (χ1v) is 6.69. The third kappa shape index (κ3) is 5.15. The van der Waals surface area contributed by atoms with E-state index in [9.17, 15) is 0 Å². The van der Waals surface area contributed by atoms with Gasteiger partial charge in [-0.3, -0.25) is 0 Å². The molecule has 0 amide bonds. The van der Waals surface area contributed by atoms with Crippen molar-refractivity contribution in [1.82, 2.24) is 5.32 Å². The van der Waals surface area contributed by atoms with E-state index in [-0.39, 0.29) is 6.10 Å². The van der Waals surface area contributed by atoms with Gasteiger partial charge in [0, 0.05) is 5.02 Å². The van der Waals surface area contributed by atoms with E-state index < -0.39 is 0 Å². The molecule has 2 nitrogen and oxygen atoms in total. The standard InChI is InChI=1S/C13H19Cl2NO/c1-3-4-11(7-8-16-2)17-13-6-5-10(14)9-12(13)15/h5-6,9,11,16H,3-4,7-8H2,1-2H3/t11-/m0/s1. The molecule has 0 aliphatic heterocycles. The Hall–Kier alpha value is -0.440. The van der Waals surface area contributed by atoms with Gasteiger partial charge in [-0.05, 0) is 44.6 Å². The summed E-state index contributed by atoms with van der Waals surface area (Å²) in [6.45, 7) is 3.09. The van der Waals surface area contributed by atoms with Gasteiger partial charge in [0.05, 0.1) is 11.1 Å². The van der Waals surface area contributed by atoms with Crippen molar-refractivity contribution >= 4 is 23.2 Å². The van der Waals surface area contributed by atoms with Gasteiger partial charge >= 0.3 is 0 Å². The molecule has 0 spiro atoms. The van der Waals surface area contributed by atoms with Crippen LogP contribution in [0.3, 0.4) is 0 Å². The largest absolute Gasteiger partial charge is 0.489 e. The molecule has 0 saturated carbocycles. The highest BCUT2D eigenvalue weighted by atomic mass is 35.5. The van der Waals surface area contributed by atoms with Crippen LogP contribution in [0.15, 0.2) is 18.2 Å². The van der Waals surface area contributed by atoms with Crippen molar-refractivity contribution in [3.05, 3.63) is 28.2 Å². The summed E-state index contributed by atoms with van der Waals surface area (Å²) in [7, 11) is 1.94. The van der Waals surface area contributed by atoms with Crippen LogP contribution in [0.1, 0.15) is 26.2 Å². The molecule has 4 heteroatoms. The lowest BCUT2D eigenvalue weighted by molar-refractivity contribution is 0.180. The topological polar surface area (TPSA) is 21.3 Å². The zero-order valence-corrected chi connectivity index (χ0v) is 11.8. The molecule has 0 fully saturated rings. The summed E-state index contributed by atoms with van der Waals surface area (Å²) in [4.78, 5) is 0. The molecule has 17 heavy (non-hydrogen) atoms. The van der Waals surface area contributed by atoms with Gasteiger partial charge in [-0.15, -0.1) is 0 Å². The third-order valence-electron chi connectivity index (χ3n) is 2.51. The molecule has 0 radical (unpaired) electrons. The molecule has 1 atom stereocenters. The Kier molecular flexibility index (Phi) is 6.71. The van der Waals surface area contributed by atoms with E-state index in [1.807, 2.05) is 13.1 Å². The highest BCUT2D eigenvalue weighted by Crippen LogP contribution is 2.29. The molecule has 0 unspecified atom stereocenters. The maximum absolute atomic E-state index is 6.08. The smallest absolute Gasteiger partial charge is 0.138 e. The molecule has 1 N–H and O–H groups in total. The van der Waals surface area contributed by atoms with Gasteiger partial charge in [0.25, 0.3) is 0 Å². The van der Waals surface area contributed by atoms with Crippen LogP contribution in [0.2, 0.25) is 10.0 Å². The van der Waals surface area contributed by atoms with Crippen LogP contribution in [-0.4, -0.2) is 19.7 Å². The van der Waals surface area contributed by atoms with E-state index in [0.29, 0.717) is 15.8 Å². The molecule has 1 aromatic rings. The summed E-state index contributed by atoms with van der Waals surface area (Å²) in [6.07, 6.45) is 3.30. The fraction of sp³-hybridized carbons (Fsp3) is 0.538. The summed E-state index contributed by atoms with van der Waals surface area (Å²) in [5.41, 5.74) is 0.